The first kappa shape index (κ1) is 12.7. The smallest absolute Gasteiger partial charge is 0.151 e. The number of imidazole rings is 1. The lowest BCUT2D eigenvalue weighted by Crippen LogP contribution is -2.09. The monoisotopic (exact) mass is 273 g/mol. The summed E-state index contributed by atoms with van der Waals surface area (Å²) in [6.07, 6.45) is 4.29. The number of rotatable bonds is 4. The van der Waals surface area contributed by atoms with Crippen molar-refractivity contribution in [1.29, 1.82) is 0 Å². The van der Waals surface area contributed by atoms with Gasteiger partial charge in [-0.2, -0.15) is 5.10 Å². The molecule has 0 spiro atoms. The van der Waals surface area contributed by atoms with Crippen LogP contribution in [0.5, 0.6) is 0 Å². The normalized spacial score (nSPS) is 11.3. The number of aromatic nitrogens is 4. The molecule has 0 aliphatic carbocycles. The molecular weight excluding hydrogens is 257 g/mol. The van der Waals surface area contributed by atoms with Crippen LogP contribution in [0.3, 0.4) is 0 Å². The highest BCUT2D eigenvalue weighted by Crippen LogP contribution is 2.20. The van der Waals surface area contributed by atoms with Gasteiger partial charge in [-0.25, -0.2) is 9.37 Å². The third-order valence-corrected chi connectivity index (χ3v) is 3.21. The summed E-state index contributed by atoms with van der Waals surface area (Å²) in [7, 11) is 0. The quantitative estimate of drug-likeness (QED) is 0.794. The molecule has 0 radical (unpaired) electrons. The van der Waals surface area contributed by atoms with Crippen molar-refractivity contribution in [2.45, 2.75) is 26.4 Å². The third-order valence-electron chi connectivity index (χ3n) is 3.21. The first-order chi connectivity index (χ1) is 9.69. The first-order valence-electron chi connectivity index (χ1n) is 6.60. The first-order valence-corrected chi connectivity index (χ1v) is 6.60. The molecule has 5 nitrogen and oxygen atoms in total. The average Bonchev–Trinajstić information content (AvgIpc) is 2.97. The molecule has 0 aliphatic rings. The molecular formula is C14H16FN5. The third kappa shape index (κ3) is 2.13. The molecule has 0 saturated carbocycles. The van der Waals surface area contributed by atoms with Gasteiger partial charge in [-0.3, -0.25) is 4.68 Å². The van der Waals surface area contributed by atoms with Crippen molar-refractivity contribution in [1.82, 2.24) is 19.3 Å². The number of hydrogen-bond donors (Lipinski definition) is 1. The largest absolute Gasteiger partial charge is 0.396 e. The molecule has 0 bridgehead atoms. The molecule has 3 aromatic rings. The van der Waals surface area contributed by atoms with Crippen LogP contribution in [-0.4, -0.2) is 19.3 Å². The summed E-state index contributed by atoms with van der Waals surface area (Å²) in [5.74, 6) is 0.494. The fourth-order valence-electron chi connectivity index (χ4n) is 2.37. The van der Waals surface area contributed by atoms with Crippen molar-refractivity contribution >= 4 is 16.7 Å². The van der Waals surface area contributed by atoms with Crippen LogP contribution in [0.15, 0.2) is 30.6 Å². The summed E-state index contributed by atoms with van der Waals surface area (Å²) in [6, 6.07) is 5.03. The standard InChI is InChI=1S/C14H16FN5/c1-2-6-20-12-5-3-4-11(15)14(12)18-13(20)9-19-8-10(16)7-17-19/h3-5,7-8H,2,6,9,16H2,1H3. The Morgan fingerprint density at radius 3 is 2.90 bits per heavy atom. The molecule has 0 unspecified atom stereocenters. The lowest BCUT2D eigenvalue weighted by molar-refractivity contribution is 0.593. The number of anilines is 1. The Kier molecular flexibility index (Phi) is 3.14. The topological polar surface area (TPSA) is 61.7 Å². The predicted molar refractivity (Wildman–Crippen MR) is 75.7 cm³/mol. The van der Waals surface area contributed by atoms with Crippen LogP contribution in [0.1, 0.15) is 19.2 Å². The second kappa shape index (κ2) is 4.96. The van der Waals surface area contributed by atoms with E-state index in [1.54, 1.807) is 23.1 Å². The van der Waals surface area contributed by atoms with Crippen LogP contribution in [0.4, 0.5) is 10.1 Å². The molecule has 6 heteroatoms. The number of aryl methyl sites for hydroxylation is 1. The Bertz CT molecular complexity index is 743. The molecule has 2 heterocycles. The maximum absolute atomic E-state index is 13.8. The summed E-state index contributed by atoms with van der Waals surface area (Å²) in [5.41, 5.74) is 7.50. The minimum absolute atomic E-state index is 0.293. The molecule has 0 fully saturated rings. The van der Waals surface area contributed by atoms with Crippen LogP contribution >= 0.6 is 0 Å². The second-order valence-electron chi connectivity index (χ2n) is 4.76. The van der Waals surface area contributed by atoms with Crippen molar-refractivity contribution in [2.24, 2.45) is 0 Å². The number of para-hydroxylation sites is 1. The van der Waals surface area contributed by atoms with Gasteiger partial charge in [-0.05, 0) is 18.6 Å². The minimum atomic E-state index is -0.293. The van der Waals surface area contributed by atoms with Gasteiger partial charge in [0.25, 0.3) is 0 Å². The van der Waals surface area contributed by atoms with E-state index >= 15 is 0 Å². The Balaban J connectivity index is 2.08. The van der Waals surface area contributed by atoms with Crippen molar-refractivity contribution in [3.8, 4) is 0 Å². The number of benzene rings is 1. The zero-order valence-corrected chi connectivity index (χ0v) is 11.3. The number of nitrogens with two attached hydrogens (primary N) is 1. The predicted octanol–water partition coefficient (Wildman–Crippen LogP) is 2.41. The summed E-state index contributed by atoms with van der Waals surface area (Å²) in [4.78, 5) is 4.42. The zero-order chi connectivity index (χ0) is 14.1. The number of hydrogen-bond acceptors (Lipinski definition) is 3. The number of nitrogens with zero attached hydrogens (tertiary/aromatic N) is 4. The lowest BCUT2D eigenvalue weighted by atomic mass is 10.3. The molecule has 0 saturated heterocycles. The zero-order valence-electron chi connectivity index (χ0n) is 11.3. The average molecular weight is 273 g/mol. The van der Waals surface area contributed by atoms with Crippen LogP contribution in [-0.2, 0) is 13.1 Å². The van der Waals surface area contributed by atoms with Crippen LogP contribution < -0.4 is 5.73 Å². The Morgan fingerprint density at radius 1 is 1.35 bits per heavy atom. The van der Waals surface area contributed by atoms with Crippen LogP contribution in [0, 0.1) is 5.82 Å². The Hall–Kier alpha value is -2.37. The van der Waals surface area contributed by atoms with Crippen LogP contribution in [0.25, 0.3) is 11.0 Å². The highest BCUT2D eigenvalue weighted by atomic mass is 19.1. The summed E-state index contributed by atoms with van der Waals surface area (Å²) >= 11 is 0. The van der Waals surface area contributed by atoms with Gasteiger partial charge in [0.15, 0.2) is 5.82 Å². The molecule has 104 valence electrons. The maximum Gasteiger partial charge on any atom is 0.151 e. The van der Waals surface area contributed by atoms with E-state index in [1.807, 2.05) is 10.6 Å². The maximum atomic E-state index is 13.8. The fraction of sp³-hybridized carbons (Fsp3) is 0.286. The van der Waals surface area contributed by atoms with Crippen molar-refractivity contribution in [3.63, 3.8) is 0 Å². The molecule has 2 aromatic heterocycles. The molecule has 3 rings (SSSR count). The summed E-state index contributed by atoms with van der Waals surface area (Å²) in [6.45, 7) is 3.36. The lowest BCUT2D eigenvalue weighted by Gasteiger charge is -2.07. The van der Waals surface area contributed by atoms with Crippen molar-refractivity contribution in [3.05, 3.63) is 42.2 Å². The van der Waals surface area contributed by atoms with Gasteiger partial charge in [-0.15, -0.1) is 0 Å². The molecule has 2 N–H and O–H groups in total. The van der Waals surface area contributed by atoms with E-state index < -0.39 is 0 Å². The molecule has 20 heavy (non-hydrogen) atoms. The molecule has 0 atom stereocenters. The molecule has 0 aliphatic heterocycles. The minimum Gasteiger partial charge on any atom is -0.396 e. The van der Waals surface area contributed by atoms with Crippen LogP contribution in [0.2, 0.25) is 0 Å². The molecule has 0 amide bonds. The van der Waals surface area contributed by atoms with E-state index in [-0.39, 0.29) is 5.82 Å². The van der Waals surface area contributed by atoms with E-state index in [9.17, 15) is 4.39 Å². The van der Waals surface area contributed by atoms with E-state index in [0.29, 0.717) is 17.7 Å². The van der Waals surface area contributed by atoms with Gasteiger partial charge in [0.2, 0.25) is 0 Å². The summed E-state index contributed by atoms with van der Waals surface area (Å²) < 4.78 is 17.6. The van der Waals surface area contributed by atoms with Gasteiger partial charge in [0.1, 0.15) is 11.3 Å². The van der Waals surface area contributed by atoms with E-state index in [1.165, 1.54) is 6.07 Å². The van der Waals surface area contributed by atoms with Gasteiger partial charge < -0.3 is 10.3 Å². The number of halogens is 1. The molecule has 1 aromatic carbocycles. The van der Waals surface area contributed by atoms with Gasteiger partial charge >= 0.3 is 0 Å². The second-order valence-corrected chi connectivity index (χ2v) is 4.76. The number of fused-ring (bicyclic) bond motifs is 1. The van der Waals surface area contributed by atoms with E-state index in [2.05, 4.69) is 17.0 Å². The highest BCUT2D eigenvalue weighted by Gasteiger charge is 2.13. The number of nitrogen functional groups attached to an aromatic ring is 1. The van der Waals surface area contributed by atoms with Gasteiger partial charge in [0, 0.05) is 12.7 Å². The van der Waals surface area contributed by atoms with Gasteiger partial charge in [0.05, 0.1) is 23.9 Å². The van der Waals surface area contributed by atoms with E-state index in [4.69, 9.17) is 5.73 Å². The van der Waals surface area contributed by atoms with Gasteiger partial charge in [-0.1, -0.05) is 13.0 Å². The Morgan fingerprint density at radius 2 is 2.20 bits per heavy atom. The fourth-order valence-corrected chi connectivity index (χ4v) is 2.37. The van der Waals surface area contributed by atoms with Crippen molar-refractivity contribution < 1.29 is 4.39 Å². The highest BCUT2D eigenvalue weighted by molar-refractivity contribution is 5.76. The Labute approximate surface area is 115 Å². The van der Waals surface area contributed by atoms with Crippen molar-refractivity contribution in [2.75, 3.05) is 5.73 Å². The SMILES string of the molecule is CCCn1c(Cn2cc(N)cn2)nc2c(F)cccc21. The van der Waals surface area contributed by atoms with E-state index in [0.717, 1.165) is 24.3 Å². The summed E-state index contributed by atoms with van der Waals surface area (Å²) in [5, 5.41) is 4.15.